The molecule has 0 bridgehead atoms. The van der Waals surface area contributed by atoms with Gasteiger partial charge in [-0.15, -0.1) is 10.2 Å². The van der Waals surface area contributed by atoms with Crippen molar-refractivity contribution in [2.24, 2.45) is 5.73 Å². The largest absolute Gasteiger partial charge is 0.322 e. The van der Waals surface area contributed by atoms with Gasteiger partial charge in [0, 0.05) is 5.92 Å². The van der Waals surface area contributed by atoms with E-state index in [2.05, 4.69) is 21.6 Å². The van der Waals surface area contributed by atoms with E-state index >= 15 is 0 Å². The maximum Gasteiger partial charge on any atom is 0.234 e. The molecular formula is C12H19N5S2. The van der Waals surface area contributed by atoms with E-state index in [0.29, 0.717) is 5.92 Å². The highest BCUT2D eigenvalue weighted by atomic mass is 32.2. The van der Waals surface area contributed by atoms with Crippen LogP contribution in [-0.2, 0) is 0 Å². The van der Waals surface area contributed by atoms with Crippen molar-refractivity contribution in [3.63, 3.8) is 0 Å². The van der Waals surface area contributed by atoms with Crippen molar-refractivity contribution in [2.45, 2.75) is 44.1 Å². The molecule has 0 aliphatic heterocycles. The number of fused-ring (bicyclic) bond motifs is 1. The van der Waals surface area contributed by atoms with Gasteiger partial charge in [-0.05, 0) is 31.3 Å². The van der Waals surface area contributed by atoms with E-state index in [0.717, 1.165) is 28.0 Å². The highest BCUT2D eigenvalue weighted by Gasteiger charge is 2.24. The third-order valence-corrected chi connectivity index (χ3v) is 5.38. The molecule has 0 amide bonds. The van der Waals surface area contributed by atoms with Crippen molar-refractivity contribution in [1.82, 2.24) is 19.8 Å². The van der Waals surface area contributed by atoms with Gasteiger partial charge in [-0.2, -0.15) is 21.4 Å². The van der Waals surface area contributed by atoms with Crippen LogP contribution >= 0.6 is 23.1 Å². The van der Waals surface area contributed by atoms with Crippen LogP contribution in [0.15, 0.2) is 0 Å². The summed E-state index contributed by atoms with van der Waals surface area (Å²) < 4.78 is 1.93. The van der Waals surface area contributed by atoms with E-state index in [-0.39, 0.29) is 6.04 Å². The third-order valence-electron chi connectivity index (χ3n) is 3.70. The molecule has 0 aromatic carbocycles. The summed E-state index contributed by atoms with van der Waals surface area (Å²) in [7, 11) is 0. The lowest BCUT2D eigenvalue weighted by Gasteiger charge is -2.06. The Balaban J connectivity index is 1.84. The molecule has 1 unspecified atom stereocenters. The summed E-state index contributed by atoms with van der Waals surface area (Å²) in [6.45, 7) is 0. The van der Waals surface area contributed by atoms with Crippen LogP contribution in [-0.4, -0.2) is 31.8 Å². The van der Waals surface area contributed by atoms with Crippen LogP contribution < -0.4 is 5.73 Å². The minimum atomic E-state index is 0.0237. The molecule has 2 aromatic rings. The van der Waals surface area contributed by atoms with Crippen molar-refractivity contribution < 1.29 is 0 Å². The predicted octanol–water partition coefficient (Wildman–Crippen LogP) is 2.60. The quantitative estimate of drug-likeness (QED) is 0.918. The van der Waals surface area contributed by atoms with Gasteiger partial charge in [-0.3, -0.25) is 0 Å². The SMILES string of the molecule is CSCCC(N)c1nn2c(C3CCCC3)nnc2s1. The summed E-state index contributed by atoms with van der Waals surface area (Å²) in [6, 6.07) is 0.0237. The van der Waals surface area contributed by atoms with Crippen molar-refractivity contribution in [1.29, 1.82) is 0 Å². The van der Waals surface area contributed by atoms with Gasteiger partial charge >= 0.3 is 0 Å². The molecule has 5 nitrogen and oxygen atoms in total. The zero-order valence-electron chi connectivity index (χ0n) is 11.1. The first kappa shape index (κ1) is 13.3. The van der Waals surface area contributed by atoms with E-state index in [1.807, 2.05) is 16.3 Å². The molecule has 19 heavy (non-hydrogen) atoms. The van der Waals surface area contributed by atoms with Crippen LogP contribution in [0.25, 0.3) is 4.96 Å². The highest BCUT2D eigenvalue weighted by molar-refractivity contribution is 7.98. The molecule has 1 atom stereocenters. The maximum absolute atomic E-state index is 6.18. The first-order chi connectivity index (χ1) is 9.29. The van der Waals surface area contributed by atoms with E-state index in [4.69, 9.17) is 5.73 Å². The van der Waals surface area contributed by atoms with Crippen molar-refractivity contribution in [3.05, 3.63) is 10.8 Å². The maximum atomic E-state index is 6.18. The Labute approximate surface area is 121 Å². The van der Waals surface area contributed by atoms with E-state index < -0.39 is 0 Å². The number of rotatable bonds is 5. The first-order valence-corrected chi connectivity index (χ1v) is 8.97. The molecule has 0 radical (unpaired) electrons. The summed E-state index contributed by atoms with van der Waals surface area (Å²) in [6.07, 6.45) is 8.08. The number of nitrogens with two attached hydrogens (primary N) is 1. The number of aromatic nitrogens is 4. The summed E-state index contributed by atoms with van der Waals surface area (Å²) in [5, 5.41) is 14.2. The number of thioether (sulfide) groups is 1. The van der Waals surface area contributed by atoms with Crippen LogP contribution in [0.2, 0.25) is 0 Å². The fraction of sp³-hybridized carbons (Fsp3) is 0.750. The summed E-state index contributed by atoms with van der Waals surface area (Å²) in [5.41, 5.74) is 6.18. The normalized spacial score (nSPS) is 18.4. The molecule has 104 valence electrons. The number of hydrogen-bond donors (Lipinski definition) is 1. The van der Waals surface area contributed by atoms with E-state index in [9.17, 15) is 0 Å². The second-order valence-electron chi connectivity index (χ2n) is 5.06. The Morgan fingerprint density at radius 1 is 1.42 bits per heavy atom. The lowest BCUT2D eigenvalue weighted by atomic mass is 10.1. The van der Waals surface area contributed by atoms with Crippen molar-refractivity contribution >= 4 is 28.1 Å². The minimum absolute atomic E-state index is 0.0237. The molecule has 2 N–H and O–H groups in total. The Morgan fingerprint density at radius 2 is 2.21 bits per heavy atom. The van der Waals surface area contributed by atoms with Gasteiger partial charge in [0.25, 0.3) is 0 Å². The second-order valence-corrected chi connectivity index (χ2v) is 7.04. The van der Waals surface area contributed by atoms with E-state index in [1.54, 1.807) is 11.3 Å². The van der Waals surface area contributed by atoms with Gasteiger partial charge in [-0.1, -0.05) is 24.2 Å². The highest BCUT2D eigenvalue weighted by Crippen LogP contribution is 2.34. The van der Waals surface area contributed by atoms with Gasteiger partial charge in [0.1, 0.15) is 5.01 Å². The average Bonchev–Trinajstić information content (AvgIpc) is 3.09. The second kappa shape index (κ2) is 5.76. The van der Waals surface area contributed by atoms with Crippen LogP contribution in [0.3, 0.4) is 0 Å². The minimum Gasteiger partial charge on any atom is -0.322 e. The topological polar surface area (TPSA) is 69.1 Å². The molecule has 2 heterocycles. The lowest BCUT2D eigenvalue weighted by molar-refractivity contribution is 0.624. The molecule has 1 saturated carbocycles. The molecule has 0 spiro atoms. The fourth-order valence-electron chi connectivity index (χ4n) is 2.60. The fourth-order valence-corrected chi connectivity index (χ4v) is 3.97. The third kappa shape index (κ3) is 2.64. The van der Waals surface area contributed by atoms with E-state index in [1.165, 1.54) is 25.7 Å². The zero-order chi connectivity index (χ0) is 13.2. The standard InChI is InChI=1S/C12H19N5S2/c1-18-7-6-9(13)11-16-17-10(8-4-2-3-5-8)14-15-12(17)19-11/h8-9H,2-7,13H2,1H3. The molecule has 0 saturated heterocycles. The Hall–Kier alpha value is -0.660. The van der Waals surface area contributed by atoms with Crippen molar-refractivity contribution in [2.75, 3.05) is 12.0 Å². The monoisotopic (exact) mass is 297 g/mol. The van der Waals surface area contributed by atoms with Gasteiger partial charge < -0.3 is 5.73 Å². The van der Waals surface area contributed by atoms with Gasteiger partial charge in [0.2, 0.25) is 4.96 Å². The Kier molecular flexibility index (Phi) is 4.04. The Bertz CT molecular complexity index is 543. The van der Waals surface area contributed by atoms with Crippen LogP contribution in [0.4, 0.5) is 0 Å². The first-order valence-electron chi connectivity index (χ1n) is 6.76. The van der Waals surface area contributed by atoms with Gasteiger partial charge in [0.05, 0.1) is 6.04 Å². The number of hydrogen-bond acceptors (Lipinski definition) is 6. The predicted molar refractivity (Wildman–Crippen MR) is 79.8 cm³/mol. The van der Waals surface area contributed by atoms with Crippen LogP contribution in [0, 0.1) is 0 Å². The molecule has 1 fully saturated rings. The van der Waals surface area contributed by atoms with Crippen LogP contribution in [0.1, 0.15) is 54.9 Å². The molecule has 1 aliphatic rings. The van der Waals surface area contributed by atoms with Crippen LogP contribution in [0.5, 0.6) is 0 Å². The van der Waals surface area contributed by atoms with Gasteiger partial charge in [-0.25, -0.2) is 0 Å². The average molecular weight is 297 g/mol. The lowest BCUT2D eigenvalue weighted by Crippen LogP contribution is -2.12. The Morgan fingerprint density at radius 3 is 2.95 bits per heavy atom. The molecule has 1 aliphatic carbocycles. The molecule has 3 rings (SSSR count). The van der Waals surface area contributed by atoms with Gasteiger partial charge in [0.15, 0.2) is 5.82 Å². The molecular weight excluding hydrogens is 278 g/mol. The summed E-state index contributed by atoms with van der Waals surface area (Å²) in [4.78, 5) is 0.886. The summed E-state index contributed by atoms with van der Waals surface area (Å²) in [5.74, 6) is 2.64. The molecule has 2 aromatic heterocycles. The molecule has 7 heteroatoms. The number of nitrogens with zero attached hydrogens (tertiary/aromatic N) is 4. The summed E-state index contributed by atoms with van der Waals surface area (Å²) >= 11 is 3.40. The van der Waals surface area contributed by atoms with Crippen molar-refractivity contribution in [3.8, 4) is 0 Å². The zero-order valence-corrected chi connectivity index (χ0v) is 12.7. The smallest absolute Gasteiger partial charge is 0.234 e.